The number of hydrogen-bond donors (Lipinski definition) is 0. The van der Waals surface area contributed by atoms with Crippen LogP contribution in [0, 0.1) is 12.8 Å². The number of terminal acetylenes is 1. The molecule has 7 heteroatoms. The van der Waals surface area contributed by atoms with Gasteiger partial charge in [-0.1, -0.05) is 0 Å². The van der Waals surface area contributed by atoms with Crippen LogP contribution in [0.1, 0.15) is 0 Å². The van der Waals surface area contributed by atoms with E-state index in [1.165, 1.54) is 9.82 Å². The molecule has 51 valence electrons. The topological polar surface area (TPSA) is 117 Å². The fourth-order valence-corrected chi connectivity index (χ4v) is 0. The van der Waals surface area contributed by atoms with Gasteiger partial charge in [-0.2, -0.15) is 0 Å². The Morgan fingerprint density at radius 1 is 0.778 bits per heavy atom. The third-order valence-electron chi connectivity index (χ3n) is 0. The molecule has 0 aromatic rings. The molecule has 0 amide bonds. The summed E-state index contributed by atoms with van der Waals surface area (Å²) in [7, 11) is 0. The van der Waals surface area contributed by atoms with Crippen molar-refractivity contribution in [1.82, 2.24) is 0 Å². The van der Waals surface area contributed by atoms with Crippen molar-refractivity contribution in [2.75, 3.05) is 0 Å². The van der Waals surface area contributed by atoms with E-state index < -0.39 is 0 Å². The summed E-state index contributed by atoms with van der Waals surface area (Å²) in [4.78, 5) is 3.00. The van der Waals surface area contributed by atoms with Crippen LogP contribution < -0.4 is 0 Å². The van der Waals surface area contributed by atoms with E-state index in [2.05, 4.69) is 12.8 Å². The molecule has 0 atom stereocenters. The molecule has 0 aliphatic rings. The summed E-state index contributed by atoms with van der Waals surface area (Å²) in [5, 5.41) is 0. The minimum atomic E-state index is 0. The zero-order valence-corrected chi connectivity index (χ0v) is 5.08. The minimum Gasteiger partial charge on any atom is -0.373 e. The Morgan fingerprint density at radius 3 is 0.778 bits per heavy atom. The second-order valence-corrected chi connectivity index (χ2v) is 0.179. The molecule has 0 saturated heterocycles. The molecular weight excluding hydrogens is 172 g/mol. The molecule has 0 saturated carbocycles. The molecule has 0 aliphatic heterocycles. The maximum atomic E-state index is 6.75. The van der Waals surface area contributed by atoms with Gasteiger partial charge in [0.15, 0.2) is 0 Å². The maximum Gasteiger partial charge on any atom is 2.00 e. The third-order valence-corrected chi connectivity index (χ3v) is 0. The van der Waals surface area contributed by atoms with Crippen LogP contribution in [-0.4, -0.2) is 0 Å². The van der Waals surface area contributed by atoms with Gasteiger partial charge in [0.25, 0.3) is 0 Å². The summed E-state index contributed by atoms with van der Waals surface area (Å²) in [6.45, 7) is 0. The second kappa shape index (κ2) is 445. The summed E-state index contributed by atoms with van der Waals surface area (Å²) < 4.78 is 0. The van der Waals surface area contributed by atoms with E-state index >= 15 is 0 Å². The summed E-state index contributed by atoms with van der Waals surface area (Å²) in [6.07, 6.45) is 8.00. The van der Waals surface area contributed by atoms with Gasteiger partial charge in [0.05, 0.1) is 0 Å². The van der Waals surface area contributed by atoms with Crippen LogP contribution in [0.5, 0.6) is 0 Å². The van der Waals surface area contributed by atoms with Crippen molar-refractivity contribution >= 4 is 0 Å². The maximum absolute atomic E-state index is 6.75. The molecule has 0 bridgehead atoms. The fraction of sp³-hybridized carbons (Fsp3) is 0. The zero-order chi connectivity index (χ0) is 7.41. The standard InChI is InChI=1S/C2H2.Cu.2N3/c1-2;;2*1-3-2/h1-2H;;;/q;+2;2*-1. The van der Waals surface area contributed by atoms with Gasteiger partial charge < -0.3 is 22.1 Å². The van der Waals surface area contributed by atoms with Crippen LogP contribution in [0.25, 0.3) is 31.9 Å². The van der Waals surface area contributed by atoms with Crippen LogP contribution >= 0.6 is 0 Å². The Kier molecular flexibility index (Phi) is 1250. The number of hydrogen-bond acceptors (Lipinski definition) is 0. The summed E-state index contributed by atoms with van der Waals surface area (Å²) in [5.41, 5.74) is 27.0. The largest absolute Gasteiger partial charge is 2.00 e. The van der Waals surface area contributed by atoms with Crippen molar-refractivity contribution in [2.45, 2.75) is 0 Å². The zero-order valence-electron chi connectivity index (χ0n) is 4.14. The van der Waals surface area contributed by atoms with Crippen LogP contribution in [0.3, 0.4) is 0 Å². The first-order valence-electron chi connectivity index (χ1n) is 1.13. The van der Waals surface area contributed by atoms with Gasteiger partial charge in [0.1, 0.15) is 0 Å². The normalized spacial score (nSPS) is 2.00. The van der Waals surface area contributed by atoms with E-state index in [1.54, 1.807) is 0 Å². The van der Waals surface area contributed by atoms with Crippen molar-refractivity contribution in [3.8, 4) is 12.8 Å². The Morgan fingerprint density at radius 2 is 0.778 bits per heavy atom. The predicted molar refractivity (Wildman–Crippen MR) is 30.0 cm³/mol. The van der Waals surface area contributed by atoms with Gasteiger partial charge in [0.2, 0.25) is 0 Å². The molecule has 1 radical (unpaired) electrons. The molecule has 0 aliphatic carbocycles. The fourth-order valence-electron chi connectivity index (χ4n) is 0. The van der Waals surface area contributed by atoms with E-state index in [0.717, 1.165) is 0 Å². The van der Waals surface area contributed by atoms with Crippen molar-refractivity contribution in [3.05, 3.63) is 31.9 Å². The molecule has 9 heavy (non-hydrogen) atoms. The summed E-state index contributed by atoms with van der Waals surface area (Å²) >= 11 is 0. The smallest absolute Gasteiger partial charge is 0.373 e. The van der Waals surface area contributed by atoms with Gasteiger partial charge in [-0.15, -0.1) is 12.8 Å². The van der Waals surface area contributed by atoms with Gasteiger partial charge in [-0.25, -0.2) is 0 Å². The van der Waals surface area contributed by atoms with E-state index in [9.17, 15) is 0 Å². The Labute approximate surface area is 62.6 Å². The first-order valence-corrected chi connectivity index (χ1v) is 1.13. The van der Waals surface area contributed by atoms with E-state index in [0.29, 0.717) is 0 Å². The number of nitrogens with zero attached hydrogens (tertiary/aromatic N) is 6. The van der Waals surface area contributed by atoms with Gasteiger partial charge in [-0.3, -0.25) is 9.82 Å². The van der Waals surface area contributed by atoms with Gasteiger partial charge in [0, 0.05) is 0 Å². The third kappa shape index (κ3) is 87.5. The molecule has 0 heterocycles. The SMILES string of the molecule is C#C.[Cu+2].[N-]=[N+]=[N-].[N-]=[N+]=[N-]. The first-order chi connectivity index (χ1) is 3.83. The van der Waals surface area contributed by atoms with E-state index in [1.807, 2.05) is 0 Å². The molecule has 0 unspecified atom stereocenters. The Balaban J connectivity index is -0.0000000202. The molecule has 0 fully saturated rings. The molecule has 0 N–H and O–H groups in total. The van der Waals surface area contributed by atoms with Crippen LogP contribution in [0.15, 0.2) is 0 Å². The monoisotopic (exact) mass is 173 g/mol. The molecule has 0 aromatic heterocycles. The molecule has 6 nitrogen and oxygen atoms in total. The van der Waals surface area contributed by atoms with Crippen molar-refractivity contribution < 1.29 is 17.1 Å². The average molecular weight is 174 g/mol. The Hall–Kier alpha value is -1.30. The quantitative estimate of drug-likeness (QED) is 0.175. The van der Waals surface area contributed by atoms with Crippen molar-refractivity contribution in [1.29, 1.82) is 0 Å². The molecule has 0 rings (SSSR count). The molecule has 0 aromatic carbocycles. The van der Waals surface area contributed by atoms with Gasteiger partial charge in [-0.05, 0) is 0 Å². The predicted octanol–water partition coefficient (Wildman–Crippen LogP) is 1.98. The Bertz CT molecular complexity index is 91.5. The second-order valence-electron chi connectivity index (χ2n) is 0.179. The first kappa shape index (κ1) is 25.3. The van der Waals surface area contributed by atoms with E-state index in [4.69, 9.17) is 22.1 Å². The van der Waals surface area contributed by atoms with Crippen molar-refractivity contribution in [2.24, 2.45) is 0 Å². The minimum absolute atomic E-state index is 0. The summed E-state index contributed by atoms with van der Waals surface area (Å²) in [6, 6.07) is 0. The van der Waals surface area contributed by atoms with Crippen LogP contribution in [0.2, 0.25) is 0 Å². The van der Waals surface area contributed by atoms with Crippen LogP contribution in [-0.2, 0) is 17.1 Å². The summed E-state index contributed by atoms with van der Waals surface area (Å²) in [5.74, 6) is 0. The van der Waals surface area contributed by atoms with E-state index in [-0.39, 0.29) is 17.1 Å². The number of rotatable bonds is 0. The van der Waals surface area contributed by atoms with Crippen molar-refractivity contribution in [3.63, 3.8) is 0 Å². The molecular formula is C2H2CuN6. The van der Waals surface area contributed by atoms with Crippen LogP contribution in [0.4, 0.5) is 0 Å². The molecule has 0 spiro atoms. The van der Waals surface area contributed by atoms with Gasteiger partial charge >= 0.3 is 17.1 Å². The average Bonchev–Trinajstić information content (AvgIpc) is 1.75.